The van der Waals surface area contributed by atoms with Crippen molar-refractivity contribution in [1.82, 2.24) is 15.4 Å². The van der Waals surface area contributed by atoms with Crippen molar-refractivity contribution in [3.05, 3.63) is 35.5 Å². The Balaban J connectivity index is 2.23. The Morgan fingerprint density at radius 2 is 2.15 bits per heavy atom. The van der Waals surface area contributed by atoms with E-state index in [1.807, 2.05) is 18.2 Å². The van der Waals surface area contributed by atoms with Gasteiger partial charge >= 0.3 is 5.97 Å². The highest BCUT2D eigenvalue weighted by atomic mass is 16.5. The molecule has 0 atom stereocenters. The van der Waals surface area contributed by atoms with Gasteiger partial charge in [0, 0.05) is 0 Å². The first kappa shape index (κ1) is 14.0. The van der Waals surface area contributed by atoms with Gasteiger partial charge in [-0.25, -0.2) is 9.89 Å². The number of carbonyl (C=O) groups is 1. The van der Waals surface area contributed by atoms with Crippen LogP contribution in [-0.4, -0.2) is 26.5 Å². The second-order valence-corrected chi connectivity index (χ2v) is 4.48. The Hall–Kier alpha value is -2.37. The lowest BCUT2D eigenvalue weighted by Gasteiger charge is -2.13. The summed E-state index contributed by atoms with van der Waals surface area (Å²) in [5.74, 6) is -0.0931. The molecule has 6 nitrogen and oxygen atoms in total. The van der Waals surface area contributed by atoms with E-state index in [4.69, 9.17) is 9.84 Å². The third-order valence-electron chi connectivity index (χ3n) is 3.25. The molecule has 0 bridgehead atoms. The molecule has 0 radical (unpaired) electrons. The molecule has 0 saturated carbocycles. The summed E-state index contributed by atoms with van der Waals surface area (Å²) in [7, 11) is 0. The van der Waals surface area contributed by atoms with Crippen LogP contribution in [0.4, 0.5) is 0 Å². The number of nitrogens with zero attached hydrogens (tertiary/aromatic N) is 2. The van der Waals surface area contributed by atoms with Gasteiger partial charge in [0.05, 0.1) is 0 Å². The van der Waals surface area contributed by atoms with Crippen LogP contribution in [0.1, 0.15) is 48.7 Å². The fourth-order valence-electron chi connectivity index (χ4n) is 2.14. The van der Waals surface area contributed by atoms with Crippen LogP contribution < -0.4 is 4.74 Å². The number of aromatic amines is 1. The van der Waals surface area contributed by atoms with Crippen molar-refractivity contribution in [3.8, 4) is 11.6 Å². The largest absolute Gasteiger partial charge is 0.476 e. The van der Waals surface area contributed by atoms with Gasteiger partial charge in [0.15, 0.2) is 0 Å². The number of benzene rings is 1. The molecule has 0 aliphatic rings. The van der Waals surface area contributed by atoms with Crippen LogP contribution in [0.15, 0.2) is 24.3 Å². The summed E-state index contributed by atoms with van der Waals surface area (Å²) in [6.45, 7) is 4.28. The van der Waals surface area contributed by atoms with E-state index in [0.717, 1.165) is 12.8 Å². The van der Waals surface area contributed by atoms with Gasteiger partial charge in [-0.3, -0.25) is 0 Å². The maximum atomic E-state index is 10.9. The van der Waals surface area contributed by atoms with Gasteiger partial charge < -0.3 is 9.84 Å². The fourth-order valence-corrected chi connectivity index (χ4v) is 2.14. The van der Waals surface area contributed by atoms with E-state index in [2.05, 4.69) is 29.3 Å². The van der Waals surface area contributed by atoms with Crippen LogP contribution in [0, 0.1) is 0 Å². The minimum atomic E-state index is -1.18. The topological polar surface area (TPSA) is 88.1 Å². The molecule has 1 aromatic carbocycles. The van der Waals surface area contributed by atoms with Crippen molar-refractivity contribution in [2.24, 2.45) is 0 Å². The van der Waals surface area contributed by atoms with Gasteiger partial charge in [0.2, 0.25) is 5.69 Å². The lowest BCUT2D eigenvalue weighted by Crippen LogP contribution is -2.00. The predicted octanol–water partition coefficient (Wildman–Crippen LogP) is 3.20. The minimum absolute atomic E-state index is 0.0409. The van der Waals surface area contributed by atoms with E-state index >= 15 is 0 Å². The fraction of sp³-hybridized carbons (Fsp3) is 0.357. The van der Waals surface area contributed by atoms with Crippen LogP contribution in [0.2, 0.25) is 0 Å². The normalized spacial score (nSPS) is 10.8. The van der Waals surface area contributed by atoms with Gasteiger partial charge in [0.25, 0.3) is 5.88 Å². The summed E-state index contributed by atoms with van der Waals surface area (Å²) in [6.07, 6.45) is 2.10. The first-order chi connectivity index (χ1) is 9.65. The monoisotopic (exact) mass is 275 g/mol. The van der Waals surface area contributed by atoms with E-state index in [-0.39, 0.29) is 11.6 Å². The number of hydrogen-bond acceptors (Lipinski definition) is 4. The van der Waals surface area contributed by atoms with Crippen molar-refractivity contribution >= 4 is 5.97 Å². The van der Waals surface area contributed by atoms with Crippen LogP contribution in [-0.2, 0) is 0 Å². The Morgan fingerprint density at radius 3 is 2.80 bits per heavy atom. The molecule has 0 fully saturated rings. The third-order valence-corrected chi connectivity index (χ3v) is 3.25. The standard InChI is InChI=1S/C14H17N3O3/c1-3-9(4-2)10-6-5-7-11(8-10)20-13-12(14(18)19)15-17-16-13/h5-9H,3-4H2,1-2H3,(H,18,19)(H,15,16,17). The molecule has 0 aliphatic heterocycles. The summed E-state index contributed by atoms with van der Waals surface area (Å²) in [5, 5.41) is 18.3. The van der Waals surface area contributed by atoms with E-state index in [1.54, 1.807) is 6.07 Å². The maximum absolute atomic E-state index is 10.9. The molecule has 2 N–H and O–H groups in total. The molecule has 2 rings (SSSR count). The molecule has 106 valence electrons. The first-order valence-corrected chi connectivity index (χ1v) is 6.57. The molecule has 2 aromatic rings. The van der Waals surface area contributed by atoms with Crippen molar-refractivity contribution in [3.63, 3.8) is 0 Å². The zero-order valence-electron chi connectivity index (χ0n) is 11.5. The Bertz CT molecular complexity index is 591. The zero-order valence-corrected chi connectivity index (χ0v) is 11.5. The number of carboxylic acid groups (broad SMARTS) is 1. The maximum Gasteiger partial charge on any atom is 0.362 e. The summed E-state index contributed by atoms with van der Waals surface area (Å²) in [5.41, 5.74) is 0.954. The zero-order chi connectivity index (χ0) is 14.5. The van der Waals surface area contributed by atoms with E-state index in [1.165, 1.54) is 5.56 Å². The first-order valence-electron chi connectivity index (χ1n) is 6.57. The molecule has 1 aromatic heterocycles. The molecular formula is C14H17N3O3. The third kappa shape index (κ3) is 2.96. The number of hydrogen-bond donors (Lipinski definition) is 2. The number of aromatic nitrogens is 3. The highest BCUT2D eigenvalue weighted by molar-refractivity contribution is 5.87. The van der Waals surface area contributed by atoms with Gasteiger partial charge in [-0.15, -0.1) is 5.10 Å². The Kier molecular flexibility index (Phi) is 4.34. The molecule has 6 heteroatoms. The molecule has 0 unspecified atom stereocenters. The van der Waals surface area contributed by atoms with Crippen molar-refractivity contribution < 1.29 is 14.6 Å². The van der Waals surface area contributed by atoms with Crippen molar-refractivity contribution in [1.29, 1.82) is 0 Å². The van der Waals surface area contributed by atoms with Crippen LogP contribution in [0.25, 0.3) is 0 Å². The number of H-pyrrole nitrogens is 1. The summed E-state index contributed by atoms with van der Waals surface area (Å²) in [6, 6.07) is 7.64. The Morgan fingerprint density at radius 1 is 1.40 bits per heavy atom. The number of ether oxygens (including phenoxy) is 1. The summed E-state index contributed by atoms with van der Waals surface area (Å²) in [4.78, 5) is 10.9. The molecule has 0 saturated heterocycles. The highest BCUT2D eigenvalue weighted by Gasteiger charge is 2.17. The average Bonchev–Trinajstić information content (AvgIpc) is 2.89. The van der Waals surface area contributed by atoms with Gasteiger partial charge in [0.1, 0.15) is 5.75 Å². The molecule has 1 heterocycles. The van der Waals surface area contributed by atoms with E-state index < -0.39 is 5.97 Å². The smallest absolute Gasteiger partial charge is 0.362 e. The van der Waals surface area contributed by atoms with Crippen LogP contribution in [0.5, 0.6) is 11.6 Å². The summed E-state index contributed by atoms with van der Waals surface area (Å²) >= 11 is 0. The molecule has 0 aliphatic carbocycles. The van der Waals surface area contributed by atoms with Gasteiger partial charge in [-0.1, -0.05) is 31.2 Å². The Labute approximate surface area is 116 Å². The number of rotatable bonds is 6. The molecular weight excluding hydrogens is 258 g/mol. The second-order valence-electron chi connectivity index (χ2n) is 4.48. The minimum Gasteiger partial charge on any atom is -0.476 e. The number of carboxylic acids is 1. The van der Waals surface area contributed by atoms with Crippen LogP contribution in [0.3, 0.4) is 0 Å². The molecule has 0 spiro atoms. The summed E-state index contributed by atoms with van der Waals surface area (Å²) < 4.78 is 5.53. The second kappa shape index (κ2) is 6.18. The van der Waals surface area contributed by atoms with Crippen molar-refractivity contribution in [2.75, 3.05) is 0 Å². The average molecular weight is 275 g/mol. The van der Waals surface area contributed by atoms with E-state index in [9.17, 15) is 4.79 Å². The van der Waals surface area contributed by atoms with Gasteiger partial charge in [-0.05, 0) is 36.5 Å². The molecule has 0 amide bonds. The lowest BCUT2D eigenvalue weighted by atomic mass is 9.94. The van der Waals surface area contributed by atoms with E-state index in [0.29, 0.717) is 11.7 Å². The lowest BCUT2D eigenvalue weighted by molar-refractivity contribution is 0.0687. The highest BCUT2D eigenvalue weighted by Crippen LogP contribution is 2.28. The molecule has 20 heavy (non-hydrogen) atoms. The van der Waals surface area contributed by atoms with Crippen LogP contribution >= 0.6 is 0 Å². The van der Waals surface area contributed by atoms with Crippen molar-refractivity contribution in [2.45, 2.75) is 32.6 Å². The van der Waals surface area contributed by atoms with Gasteiger partial charge in [-0.2, -0.15) is 0 Å². The predicted molar refractivity (Wildman–Crippen MR) is 73.2 cm³/mol. The number of nitrogens with one attached hydrogen (secondary N) is 1. The quantitative estimate of drug-likeness (QED) is 0.845. The number of aromatic carboxylic acids is 1. The SMILES string of the molecule is CCC(CC)c1cccc(Oc2[nH]nnc2C(=O)O)c1.